The molecule has 96 valence electrons. The molecule has 0 spiro atoms. The van der Waals surface area contributed by atoms with Crippen LogP contribution in [0.5, 0.6) is 0 Å². The highest BCUT2D eigenvalue weighted by Crippen LogP contribution is 2.26. The Bertz CT molecular complexity index is 914. The number of hydrogen-bond acceptors (Lipinski definition) is 4. The summed E-state index contributed by atoms with van der Waals surface area (Å²) in [6.07, 6.45) is 5.57. The Labute approximate surface area is 113 Å². The minimum atomic E-state index is -0.893. The first kappa shape index (κ1) is 11.0. The highest BCUT2D eigenvalue weighted by molar-refractivity contribution is 5.95. The van der Waals surface area contributed by atoms with Crippen molar-refractivity contribution in [2.45, 2.75) is 6.42 Å². The van der Waals surface area contributed by atoms with Crippen LogP contribution in [0.2, 0.25) is 0 Å². The van der Waals surface area contributed by atoms with E-state index in [2.05, 4.69) is 15.2 Å². The van der Waals surface area contributed by atoms with Crippen molar-refractivity contribution in [3.63, 3.8) is 0 Å². The fourth-order valence-corrected chi connectivity index (χ4v) is 2.64. The van der Waals surface area contributed by atoms with Crippen molar-refractivity contribution in [3.05, 3.63) is 46.8 Å². The first-order valence-corrected chi connectivity index (χ1v) is 6.21. The molecular formula is C15H9N3O2. The van der Waals surface area contributed by atoms with E-state index in [4.69, 9.17) is 5.11 Å². The summed E-state index contributed by atoms with van der Waals surface area (Å²) in [5, 5.41) is 19.3. The molecule has 0 amide bonds. The predicted octanol–water partition coefficient (Wildman–Crippen LogP) is 1.20. The second-order valence-electron chi connectivity index (χ2n) is 4.76. The molecule has 0 saturated carbocycles. The zero-order chi connectivity index (χ0) is 13.7. The number of carbonyl (C=O) groups is 1. The lowest BCUT2D eigenvalue weighted by Crippen LogP contribution is -2.16. The van der Waals surface area contributed by atoms with Crippen LogP contribution in [0.15, 0.2) is 36.0 Å². The first-order chi connectivity index (χ1) is 9.74. The molecule has 3 aliphatic rings. The molecule has 2 aliphatic heterocycles. The van der Waals surface area contributed by atoms with E-state index in [1.165, 1.54) is 0 Å². The number of rotatable bonds is 1. The Balaban J connectivity index is 2.14. The van der Waals surface area contributed by atoms with Crippen LogP contribution in [0.25, 0.3) is 28.4 Å². The fraction of sp³-hybridized carbons (Fsp3) is 0.0667. The van der Waals surface area contributed by atoms with Gasteiger partial charge in [-0.15, -0.1) is 10.2 Å². The summed E-state index contributed by atoms with van der Waals surface area (Å²) in [5.41, 5.74) is 3.01. The van der Waals surface area contributed by atoms with Crippen LogP contribution < -0.4 is 5.22 Å². The van der Waals surface area contributed by atoms with Crippen LogP contribution in [-0.4, -0.2) is 26.3 Å². The van der Waals surface area contributed by atoms with Gasteiger partial charge >= 0.3 is 5.97 Å². The number of aliphatic carboxylic acids is 1. The van der Waals surface area contributed by atoms with Crippen molar-refractivity contribution >= 4 is 22.9 Å². The van der Waals surface area contributed by atoms with Gasteiger partial charge in [0.1, 0.15) is 0 Å². The molecule has 0 unspecified atom stereocenters. The second kappa shape index (κ2) is 3.84. The molecule has 5 nitrogen and oxygen atoms in total. The molecule has 1 aliphatic carbocycles. The SMILES string of the molecule is O=C(O)C1=CC=c2c(cnc3nnc4cccc2c4-3)C1. The van der Waals surface area contributed by atoms with Crippen LogP contribution in [0, 0.1) is 0 Å². The summed E-state index contributed by atoms with van der Waals surface area (Å²) in [6.45, 7) is 0. The van der Waals surface area contributed by atoms with Gasteiger partial charge in [-0.3, -0.25) is 0 Å². The van der Waals surface area contributed by atoms with E-state index in [0.717, 1.165) is 27.2 Å². The molecule has 1 aromatic rings. The van der Waals surface area contributed by atoms with Gasteiger partial charge in [0, 0.05) is 18.2 Å². The Morgan fingerprint density at radius 1 is 1.20 bits per heavy atom. The molecule has 1 aromatic carbocycles. The highest BCUT2D eigenvalue weighted by Gasteiger charge is 2.18. The highest BCUT2D eigenvalue weighted by atomic mass is 16.4. The Kier molecular flexibility index (Phi) is 2.12. The van der Waals surface area contributed by atoms with Gasteiger partial charge in [-0.25, -0.2) is 9.78 Å². The van der Waals surface area contributed by atoms with Crippen LogP contribution in [-0.2, 0) is 11.2 Å². The van der Waals surface area contributed by atoms with Gasteiger partial charge in [-0.1, -0.05) is 24.3 Å². The fourth-order valence-electron chi connectivity index (χ4n) is 2.64. The smallest absolute Gasteiger partial charge is 0.331 e. The van der Waals surface area contributed by atoms with E-state index in [-0.39, 0.29) is 0 Å². The Hall–Kier alpha value is -2.82. The molecule has 1 N–H and O–H groups in total. The summed E-state index contributed by atoms with van der Waals surface area (Å²) >= 11 is 0. The number of fused-ring (bicyclic) bond motifs is 2. The molecule has 4 rings (SSSR count). The van der Waals surface area contributed by atoms with Gasteiger partial charge in [-0.05, 0) is 22.2 Å². The van der Waals surface area contributed by atoms with E-state index in [1.807, 2.05) is 24.3 Å². The van der Waals surface area contributed by atoms with Crippen LogP contribution in [0.4, 0.5) is 0 Å². The largest absolute Gasteiger partial charge is 0.478 e. The van der Waals surface area contributed by atoms with Crippen molar-refractivity contribution in [2.24, 2.45) is 0 Å². The van der Waals surface area contributed by atoms with E-state index in [0.29, 0.717) is 17.8 Å². The monoisotopic (exact) mass is 263 g/mol. The van der Waals surface area contributed by atoms with Gasteiger partial charge < -0.3 is 5.11 Å². The molecule has 5 heteroatoms. The standard InChI is InChI=1S/C15H9N3O2/c19-15(20)8-4-5-10-9(6-8)7-16-14-13-11(10)2-1-3-12(13)17-18-14/h1-5,7H,6H2,(H,19,20). The van der Waals surface area contributed by atoms with E-state index >= 15 is 0 Å². The molecule has 0 fully saturated rings. The lowest BCUT2D eigenvalue weighted by molar-refractivity contribution is -0.132. The summed E-state index contributed by atoms with van der Waals surface area (Å²) < 4.78 is 0. The number of aromatic nitrogens is 3. The van der Waals surface area contributed by atoms with Gasteiger partial charge in [0.15, 0.2) is 5.82 Å². The lowest BCUT2D eigenvalue weighted by atomic mass is 9.97. The molecule has 0 radical (unpaired) electrons. The normalized spacial score (nSPS) is 13.9. The third-order valence-electron chi connectivity index (χ3n) is 3.60. The average molecular weight is 263 g/mol. The summed E-state index contributed by atoms with van der Waals surface area (Å²) in [6, 6.07) is 5.82. The molecule has 0 saturated heterocycles. The summed E-state index contributed by atoms with van der Waals surface area (Å²) in [5.74, 6) is -0.300. The zero-order valence-electron chi connectivity index (χ0n) is 10.4. The molecular weight excluding hydrogens is 254 g/mol. The van der Waals surface area contributed by atoms with Crippen molar-refractivity contribution < 1.29 is 9.90 Å². The van der Waals surface area contributed by atoms with Crippen LogP contribution >= 0.6 is 0 Å². The van der Waals surface area contributed by atoms with Crippen molar-refractivity contribution in [1.82, 2.24) is 15.2 Å². The van der Waals surface area contributed by atoms with E-state index < -0.39 is 5.97 Å². The lowest BCUT2D eigenvalue weighted by Gasteiger charge is -2.06. The number of allylic oxidation sites excluding steroid dienone is 1. The number of benzene rings is 1. The minimum absolute atomic E-state index is 0.370. The summed E-state index contributed by atoms with van der Waals surface area (Å²) in [4.78, 5) is 15.4. The number of carboxylic acid groups (broad SMARTS) is 1. The second-order valence-corrected chi connectivity index (χ2v) is 4.76. The molecule has 0 bridgehead atoms. The third kappa shape index (κ3) is 1.43. The van der Waals surface area contributed by atoms with Crippen molar-refractivity contribution in [3.8, 4) is 11.4 Å². The maximum absolute atomic E-state index is 11.1. The third-order valence-corrected chi connectivity index (χ3v) is 3.60. The van der Waals surface area contributed by atoms with Gasteiger partial charge in [0.25, 0.3) is 0 Å². The number of nitrogens with zero attached hydrogens (tertiary/aromatic N) is 3. The number of carboxylic acids is 1. The topological polar surface area (TPSA) is 76.0 Å². The molecule has 20 heavy (non-hydrogen) atoms. The Morgan fingerprint density at radius 3 is 2.95 bits per heavy atom. The maximum Gasteiger partial charge on any atom is 0.331 e. The minimum Gasteiger partial charge on any atom is -0.478 e. The quantitative estimate of drug-likeness (QED) is 0.713. The molecule has 2 heterocycles. The Morgan fingerprint density at radius 2 is 2.10 bits per heavy atom. The van der Waals surface area contributed by atoms with Crippen molar-refractivity contribution in [1.29, 1.82) is 0 Å². The van der Waals surface area contributed by atoms with E-state index in [9.17, 15) is 4.79 Å². The van der Waals surface area contributed by atoms with Gasteiger partial charge in [0.2, 0.25) is 0 Å². The van der Waals surface area contributed by atoms with Gasteiger partial charge in [-0.2, -0.15) is 0 Å². The van der Waals surface area contributed by atoms with Crippen LogP contribution in [0.1, 0.15) is 5.56 Å². The summed E-state index contributed by atoms with van der Waals surface area (Å²) in [7, 11) is 0. The van der Waals surface area contributed by atoms with Crippen molar-refractivity contribution in [2.75, 3.05) is 0 Å². The zero-order valence-corrected chi connectivity index (χ0v) is 10.4. The van der Waals surface area contributed by atoms with Gasteiger partial charge in [0.05, 0.1) is 11.1 Å². The first-order valence-electron chi connectivity index (χ1n) is 6.21. The average Bonchev–Trinajstić information content (AvgIpc) is 2.80. The maximum atomic E-state index is 11.1. The predicted molar refractivity (Wildman–Crippen MR) is 73.1 cm³/mol. The van der Waals surface area contributed by atoms with Crippen LogP contribution in [0.3, 0.4) is 0 Å². The number of hydrogen-bond donors (Lipinski definition) is 1. The van der Waals surface area contributed by atoms with E-state index in [1.54, 1.807) is 12.3 Å². The molecule has 0 atom stereocenters. The molecule has 0 aromatic heterocycles.